The highest BCUT2D eigenvalue weighted by molar-refractivity contribution is 7.21. The van der Waals surface area contributed by atoms with Gasteiger partial charge in [0.2, 0.25) is 23.0 Å². The maximum atomic E-state index is 7.91. The average molecular weight is 1370 g/mol. The van der Waals surface area contributed by atoms with E-state index < -0.39 is 6.98 Å². The van der Waals surface area contributed by atoms with Crippen LogP contribution in [-0.4, -0.2) is 80.6 Å². The second-order valence-electron chi connectivity index (χ2n) is 25.2. The molecule has 0 saturated carbocycles. The molecule has 19 nitrogen and oxygen atoms in total. The van der Waals surface area contributed by atoms with E-state index in [0.29, 0.717) is 40.0 Å². The second-order valence-corrected chi connectivity index (χ2v) is 26.2. The minimum Gasteiger partial charge on any atom is -0.417 e. The van der Waals surface area contributed by atoms with E-state index >= 15 is 0 Å². The smallest absolute Gasteiger partial charge is 0.324 e. The first-order valence-electron chi connectivity index (χ1n) is 35.2. The van der Waals surface area contributed by atoms with Crippen LogP contribution in [0.15, 0.2) is 278 Å². The van der Waals surface area contributed by atoms with Crippen LogP contribution in [0.4, 0.5) is 0 Å². The van der Waals surface area contributed by atoms with E-state index in [2.05, 4.69) is 174 Å². The van der Waals surface area contributed by atoms with Gasteiger partial charge in [-0.25, -0.2) is 44.0 Å². The van der Waals surface area contributed by atoms with Gasteiger partial charge in [-0.2, -0.15) is 4.98 Å². The molecule has 0 spiro atoms. The number of benzene rings is 6. The second kappa shape index (κ2) is 25.4. The van der Waals surface area contributed by atoms with Crippen LogP contribution in [0.5, 0.6) is 0 Å². The van der Waals surface area contributed by atoms with E-state index in [1.54, 1.807) is 15.7 Å². The Labute approximate surface area is 597 Å². The van der Waals surface area contributed by atoms with Crippen LogP contribution in [0.1, 0.15) is 31.9 Å². The Kier molecular flexibility index (Phi) is 14.4. The van der Waals surface area contributed by atoms with E-state index in [0.717, 1.165) is 107 Å². The first-order valence-corrected chi connectivity index (χ1v) is 34.5. The Hall–Kier alpha value is -13.5. The maximum absolute atomic E-state index is 7.91. The molecule has 0 N–H and O–H groups in total. The normalized spacial score (nSPS) is 12.3. The third kappa shape index (κ3) is 10.7. The molecular weight excluding hydrogens is 1300 g/mol. The molecule has 15 aromatic heterocycles. The number of fused-ring (bicyclic) bond motifs is 19. The van der Waals surface area contributed by atoms with Gasteiger partial charge in [0.25, 0.3) is 11.4 Å². The molecule has 22 rings (SSSR count). The molecule has 1 aliphatic heterocycles. The SMILES string of the molecule is Cc1ccccc1-c1nc2c(nc3ccccn32)n1C.Cc1ccccc1-c1nc2nc3ccccn3c2o1.Cc1ccccc1-c1nc2nc3ccccn3c2s1.[2H]C([2H])([2H])n1c(-c2ccccc2C)nc2c1nc1ccccn12.c1ccc(-n2c3[n+](c4nc5ccccn5c42)Cc2ccccc2-3)cc1. The summed E-state index contributed by atoms with van der Waals surface area (Å²) in [4.78, 5) is 42.7. The number of nitrogens with zero attached hydrogens (tertiary/aromatic N) is 18. The summed E-state index contributed by atoms with van der Waals surface area (Å²) in [6.07, 6.45) is 9.89. The Morgan fingerprint density at radius 3 is 1.44 bits per heavy atom. The number of hydrogen-bond donors (Lipinski definition) is 0. The molecule has 0 amide bonds. The number of thiazole rings is 1. The summed E-state index contributed by atoms with van der Waals surface area (Å²) >= 11 is 1.69. The molecule has 21 aromatic rings. The molecule has 0 aliphatic carbocycles. The van der Waals surface area contributed by atoms with Crippen molar-refractivity contribution in [3.8, 4) is 61.9 Å². The fourth-order valence-corrected chi connectivity index (χ4v) is 14.7. The molecule has 20 heteroatoms. The zero-order valence-electron chi connectivity index (χ0n) is 59.6. The summed E-state index contributed by atoms with van der Waals surface area (Å²) in [5.74, 6) is 3.20. The number of aryl methyl sites for hydroxylation is 6. The third-order valence-corrected chi connectivity index (χ3v) is 19.8. The molecule has 6 aromatic carbocycles. The van der Waals surface area contributed by atoms with Gasteiger partial charge in [-0.15, -0.1) is 0 Å². The van der Waals surface area contributed by atoms with Crippen molar-refractivity contribution in [2.75, 3.05) is 0 Å². The number of hydrogen-bond acceptors (Lipinski definition) is 11. The van der Waals surface area contributed by atoms with E-state index in [9.17, 15) is 0 Å². The molecule has 0 atom stereocenters. The van der Waals surface area contributed by atoms with Crippen LogP contribution in [0, 0.1) is 27.7 Å². The van der Waals surface area contributed by atoms with Crippen LogP contribution in [-0.2, 0) is 20.6 Å². The lowest BCUT2D eigenvalue weighted by Crippen LogP contribution is -2.31. The first kappa shape index (κ1) is 58.5. The fourth-order valence-electron chi connectivity index (χ4n) is 13.6. The maximum Gasteiger partial charge on any atom is 0.324 e. The molecule has 0 saturated heterocycles. The zero-order chi connectivity index (χ0) is 71.9. The van der Waals surface area contributed by atoms with Crippen LogP contribution in [0.2, 0.25) is 0 Å². The van der Waals surface area contributed by atoms with Crippen molar-refractivity contribution in [1.82, 2.24) is 80.6 Å². The van der Waals surface area contributed by atoms with Crippen molar-refractivity contribution >= 4 is 95.3 Å². The van der Waals surface area contributed by atoms with Crippen molar-refractivity contribution in [2.45, 2.75) is 34.2 Å². The molecule has 103 heavy (non-hydrogen) atoms. The van der Waals surface area contributed by atoms with Crippen molar-refractivity contribution in [3.05, 3.63) is 301 Å². The van der Waals surface area contributed by atoms with E-state index in [1.165, 1.54) is 38.2 Å². The lowest BCUT2D eigenvalue weighted by Gasteiger charge is -2.05. The standard InChI is InChI=1S/C21H15N4.2C16H14N4.C15H11N3O.C15H11N3S/c1-2-9-16(10-3-1)25-20-17-11-5-4-8-15(17)14-24(20)19-21(25)23-13-7-6-12-18(23)22-19;2*1-11-7-3-4-8-12(11)14-18-16-15(19(14)2)17-13-9-5-6-10-20(13)16;2*1-10-6-2-3-7-11(10)14-17-13-15(19-14)18-9-5-4-8-12(18)16-13/h1-13H,14H2;2*3-10H,1-2H3;2*2-9H,1H3/q+1;;;;/i;2D3;;;. The molecule has 0 fully saturated rings. The number of rotatable bonds is 5. The molecule has 0 unspecified atom stereocenters. The topological polar surface area (TPSA) is 170 Å². The number of oxazole rings is 1. The molecular formula is C83H65N18OS+. The van der Waals surface area contributed by atoms with E-state index in [4.69, 9.17) is 18.5 Å². The summed E-state index contributed by atoms with van der Waals surface area (Å²) in [5.41, 5.74) is 23.9. The highest BCUT2D eigenvalue weighted by Crippen LogP contribution is 2.36. The van der Waals surface area contributed by atoms with Gasteiger partial charge in [-0.1, -0.05) is 174 Å². The summed E-state index contributed by atoms with van der Waals surface area (Å²) in [7, 11) is 2.02. The van der Waals surface area contributed by atoms with Crippen LogP contribution < -0.4 is 4.57 Å². The first-order chi connectivity index (χ1) is 51.8. The largest absolute Gasteiger partial charge is 0.417 e. The molecule has 0 radical (unpaired) electrons. The average Bonchev–Trinajstić information content (AvgIpc) is 1.55. The summed E-state index contributed by atoms with van der Waals surface area (Å²) < 4.78 is 47.6. The van der Waals surface area contributed by atoms with Gasteiger partial charge in [0.05, 0.1) is 12.1 Å². The summed E-state index contributed by atoms with van der Waals surface area (Å²) in [6, 6.07) is 81.0. The van der Waals surface area contributed by atoms with Gasteiger partial charge >= 0.3 is 5.65 Å². The zero-order valence-corrected chi connectivity index (χ0v) is 57.4. The highest BCUT2D eigenvalue weighted by atomic mass is 32.1. The van der Waals surface area contributed by atoms with Gasteiger partial charge in [0, 0.05) is 76.9 Å². The monoisotopic (exact) mass is 1360 g/mol. The van der Waals surface area contributed by atoms with Crippen LogP contribution in [0.3, 0.4) is 0 Å². The lowest BCUT2D eigenvalue weighted by atomic mass is 10.1. The predicted octanol–water partition coefficient (Wildman–Crippen LogP) is 17.4. The van der Waals surface area contributed by atoms with Crippen molar-refractivity contribution in [3.63, 3.8) is 0 Å². The Morgan fingerprint density at radius 1 is 0.388 bits per heavy atom. The molecule has 0 bridgehead atoms. The quantitative estimate of drug-likeness (QED) is 0.151. The van der Waals surface area contributed by atoms with Gasteiger partial charge in [0.1, 0.15) is 49.8 Å². The van der Waals surface area contributed by atoms with Crippen LogP contribution in [0.25, 0.3) is 146 Å². The van der Waals surface area contributed by atoms with Gasteiger partial charge in [-0.3, -0.25) is 22.0 Å². The van der Waals surface area contributed by atoms with Crippen molar-refractivity contribution in [1.29, 1.82) is 0 Å². The third-order valence-electron chi connectivity index (χ3n) is 18.7. The number of imidazole rings is 8. The number of aromatic nitrogens is 18. The van der Waals surface area contributed by atoms with E-state index in [-0.39, 0.29) is 0 Å². The predicted molar refractivity (Wildman–Crippen MR) is 408 cm³/mol. The minimum absolute atomic E-state index is 0.370. The van der Waals surface area contributed by atoms with Crippen LogP contribution >= 0.6 is 11.3 Å². The van der Waals surface area contributed by atoms with E-state index in [1.807, 2.05) is 200 Å². The molecule has 498 valence electrons. The summed E-state index contributed by atoms with van der Waals surface area (Å²) in [5, 5.41) is 1.04. The van der Waals surface area contributed by atoms with Crippen molar-refractivity contribution < 1.29 is 13.1 Å². The number of pyridine rings is 5. The Bertz CT molecular complexity index is 6770. The Balaban J connectivity index is 0.0000000943. The van der Waals surface area contributed by atoms with Gasteiger partial charge in [-0.05, 0) is 135 Å². The Morgan fingerprint density at radius 2 is 0.845 bits per heavy atom. The fraction of sp³-hybridized carbons (Fsp3) is 0.0843. The van der Waals surface area contributed by atoms with Gasteiger partial charge in [0.15, 0.2) is 28.2 Å². The highest BCUT2D eigenvalue weighted by Gasteiger charge is 2.36. The molecule has 16 heterocycles. The number of para-hydroxylation sites is 1. The lowest BCUT2D eigenvalue weighted by molar-refractivity contribution is -0.647. The van der Waals surface area contributed by atoms with Gasteiger partial charge < -0.3 is 13.6 Å². The van der Waals surface area contributed by atoms with Crippen molar-refractivity contribution in [2.24, 2.45) is 14.0 Å². The summed E-state index contributed by atoms with van der Waals surface area (Å²) in [6.45, 7) is 6.71. The molecule has 1 aliphatic rings. The minimum atomic E-state index is -2.36.